The van der Waals surface area contributed by atoms with Gasteiger partial charge in [0.1, 0.15) is 0 Å². The fourth-order valence-corrected chi connectivity index (χ4v) is 2.68. The van der Waals surface area contributed by atoms with Crippen molar-refractivity contribution in [3.8, 4) is 0 Å². The summed E-state index contributed by atoms with van der Waals surface area (Å²) in [6, 6.07) is 10.4. The summed E-state index contributed by atoms with van der Waals surface area (Å²) in [5.74, 6) is 0.157. The van der Waals surface area contributed by atoms with Gasteiger partial charge < -0.3 is 15.4 Å². The summed E-state index contributed by atoms with van der Waals surface area (Å²) < 4.78 is 5.64. The summed E-state index contributed by atoms with van der Waals surface area (Å²) in [6.07, 6.45) is 6.24. The summed E-state index contributed by atoms with van der Waals surface area (Å²) in [5.41, 5.74) is 1.31. The van der Waals surface area contributed by atoms with Crippen molar-refractivity contribution < 1.29 is 9.53 Å². The largest absolute Gasteiger partial charge is 0.381 e. The Morgan fingerprint density at radius 1 is 1.17 bits per heavy atom. The first-order valence-electron chi connectivity index (χ1n) is 8.49. The second kappa shape index (κ2) is 12.3. The molecule has 0 saturated carbocycles. The third-order valence-corrected chi connectivity index (χ3v) is 4.02. The highest BCUT2D eigenvalue weighted by Crippen LogP contribution is 2.06. The summed E-state index contributed by atoms with van der Waals surface area (Å²) >= 11 is 0. The highest BCUT2D eigenvalue weighted by molar-refractivity contribution is 5.85. The second-order valence-corrected chi connectivity index (χ2v) is 5.85. The lowest BCUT2D eigenvalue weighted by atomic mass is 10.0. The number of piperidine rings is 1. The number of carbonyl (C=O) groups is 1. The Bertz CT molecular complexity index is 422. The predicted molar refractivity (Wildman–Crippen MR) is 96.1 cm³/mol. The predicted octanol–water partition coefficient (Wildman–Crippen LogP) is 2.71. The van der Waals surface area contributed by atoms with Crippen LogP contribution >= 0.6 is 12.4 Å². The average Bonchev–Trinajstić information content (AvgIpc) is 2.59. The van der Waals surface area contributed by atoms with E-state index in [-0.39, 0.29) is 24.4 Å². The highest BCUT2D eigenvalue weighted by atomic mass is 35.5. The first-order chi connectivity index (χ1) is 10.9. The van der Waals surface area contributed by atoms with Crippen molar-refractivity contribution in [2.24, 2.45) is 0 Å². The molecule has 1 aromatic carbocycles. The standard InChI is InChI=1S/C18H28N2O2.ClH/c21-18(17-10-4-5-12-19-17)20-13-6-7-14-22-15-11-16-8-2-1-3-9-16;/h1-3,8-9,17,19H,4-7,10-15H2,(H,20,21);1H. The van der Waals surface area contributed by atoms with Crippen LogP contribution in [0.5, 0.6) is 0 Å². The van der Waals surface area contributed by atoms with Crippen LogP contribution in [-0.2, 0) is 16.0 Å². The minimum Gasteiger partial charge on any atom is -0.381 e. The van der Waals surface area contributed by atoms with E-state index < -0.39 is 0 Å². The first kappa shape index (κ1) is 19.9. The molecule has 2 N–H and O–H groups in total. The third kappa shape index (κ3) is 8.35. The Morgan fingerprint density at radius 2 is 2.00 bits per heavy atom. The molecule has 1 aromatic rings. The zero-order valence-corrected chi connectivity index (χ0v) is 14.6. The molecular formula is C18H29ClN2O2. The zero-order chi connectivity index (χ0) is 15.5. The van der Waals surface area contributed by atoms with Crippen molar-refractivity contribution in [3.63, 3.8) is 0 Å². The van der Waals surface area contributed by atoms with Crippen LogP contribution in [0.4, 0.5) is 0 Å². The van der Waals surface area contributed by atoms with E-state index in [0.29, 0.717) is 0 Å². The van der Waals surface area contributed by atoms with E-state index in [9.17, 15) is 4.79 Å². The molecule has 1 atom stereocenters. The average molecular weight is 341 g/mol. The summed E-state index contributed by atoms with van der Waals surface area (Å²) in [4.78, 5) is 11.9. The summed E-state index contributed by atoms with van der Waals surface area (Å²) in [7, 11) is 0. The van der Waals surface area contributed by atoms with Gasteiger partial charge in [0.05, 0.1) is 12.6 Å². The molecule has 0 radical (unpaired) electrons. The molecule has 130 valence electrons. The number of halogens is 1. The van der Waals surface area contributed by atoms with Crippen LogP contribution in [0.1, 0.15) is 37.7 Å². The molecule has 1 heterocycles. The van der Waals surface area contributed by atoms with Crippen LogP contribution in [0.2, 0.25) is 0 Å². The molecule has 4 nitrogen and oxygen atoms in total. The SMILES string of the molecule is Cl.O=C(NCCCCOCCc1ccccc1)C1CCCCN1. The van der Waals surface area contributed by atoms with Gasteiger partial charge in [-0.05, 0) is 44.2 Å². The molecule has 2 rings (SSSR count). The number of carbonyl (C=O) groups excluding carboxylic acids is 1. The number of nitrogens with one attached hydrogen (secondary N) is 2. The van der Waals surface area contributed by atoms with E-state index in [2.05, 4.69) is 34.9 Å². The van der Waals surface area contributed by atoms with Crippen LogP contribution in [0.15, 0.2) is 30.3 Å². The maximum Gasteiger partial charge on any atom is 0.237 e. The van der Waals surface area contributed by atoms with Crippen LogP contribution in [-0.4, -0.2) is 38.3 Å². The smallest absolute Gasteiger partial charge is 0.237 e. The number of amides is 1. The first-order valence-corrected chi connectivity index (χ1v) is 8.49. The molecule has 1 unspecified atom stereocenters. The van der Waals surface area contributed by atoms with Gasteiger partial charge >= 0.3 is 0 Å². The Morgan fingerprint density at radius 3 is 2.74 bits per heavy atom. The summed E-state index contributed by atoms with van der Waals surface area (Å²) in [6.45, 7) is 3.25. The second-order valence-electron chi connectivity index (χ2n) is 5.85. The quantitative estimate of drug-likeness (QED) is 0.679. The minimum atomic E-state index is 0. The Balaban J connectivity index is 0.00000264. The Hall–Kier alpha value is -1.10. The molecule has 0 bridgehead atoms. The lowest BCUT2D eigenvalue weighted by molar-refractivity contribution is -0.123. The molecule has 1 aliphatic rings. The molecular weight excluding hydrogens is 312 g/mol. The van der Waals surface area contributed by atoms with Crippen molar-refractivity contribution >= 4 is 18.3 Å². The molecule has 1 amide bonds. The number of ether oxygens (including phenoxy) is 1. The maximum absolute atomic E-state index is 11.9. The van der Waals surface area contributed by atoms with Gasteiger partial charge in [0.15, 0.2) is 0 Å². The molecule has 0 spiro atoms. The molecule has 5 heteroatoms. The van der Waals surface area contributed by atoms with Gasteiger partial charge in [-0.25, -0.2) is 0 Å². The lowest BCUT2D eigenvalue weighted by Crippen LogP contribution is -2.46. The minimum absolute atomic E-state index is 0. The summed E-state index contributed by atoms with van der Waals surface area (Å²) in [5, 5.41) is 6.28. The van der Waals surface area contributed by atoms with E-state index >= 15 is 0 Å². The van der Waals surface area contributed by atoms with Crippen molar-refractivity contribution in [2.45, 2.75) is 44.6 Å². The van der Waals surface area contributed by atoms with Gasteiger partial charge in [0, 0.05) is 13.2 Å². The van der Waals surface area contributed by atoms with E-state index in [1.54, 1.807) is 0 Å². The monoisotopic (exact) mass is 340 g/mol. The van der Waals surface area contributed by atoms with Gasteiger partial charge in [0.2, 0.25) is 5.91 Å². The maximum atomic E-state index is 11.9. The van der Waals surface area contributed by atoms with Gasteiger partial charge in [-0.1, -0.05) is 36.8 Å². The molecule has 1 aliphatic heterocycles. The zero-order valence-electron chi connectivity index (χ0n) is 13.8. The van der Waals surface area contributed by atoms with E-state index in [1.807, 2.05) is 6.07 Å². The van der Waals surface area contributed by atoms with E-state index in [4.69, 9.17) is 4.74 Å². The lowest BCUT2D eigenvalue weighted by Gasteiger charge is -2.22. The molecule has 1 saturated heterocycles. The number of rotatable bonds is 9. The van der Waals surface area contributed by atoms with Gasteiger partial charge in [-0.3, -0.25) is 4.79 Å². The van der Waals surface area contributed by atoms with Gasteiger partial charge in [0.25, 0.3) is 0 Å². The Kier molecular flexibility index (Phi) is 10.7. The third-order valence-electron chi connectivity index (χ3n) is 4.02. The number of unbranched alkanes of at least 4 members (excludes halogenated alkanes) is 1. The van der Waals surface area contributed by atoms with Crippen LogP contribution in [0.3, 0.4) is 0 Å². The fraction of sp³-hybridized carbons (Fsp3) is 0.611. The number of hydrogen-bond donors (Lipinski definition) is 2. The Labute approximate surface area is 145 Å². The molecule has 23 heavy (non-hydrogen) atoms. The molecule has 0 aromatic heterocycles. The van der Waals surface area contributed by atoms with Crippen molar-refractivity contribution in [2.75, 3.05) is 26.3 Å². The van der Waals surface area contributed by atoms with Crippen molar-refractivity contribution in [1.82, 2.24) is 10.6 Å². The highest BCUT2D eigenvalue weighted by Gasteiger charge is 2.19. The number of hydrogen-bond acceptors (Lipinski definition) is 3. The van der Waals surface area contributed by atoms with Crippen LogP contribution < -0.4 is 10.6 Å². The van der Waals surface area contributed by atoms with Crippen LogP contribution in [0, 0.1) is 0 Å². The normalized spacial score (nSPS) is 17.3. The van der Waals surface area contributed by atoms with Crippen LogP contribution in [0.25, 0.3) is 0 Å². The fourth-order valence-electron chi connectivity index (χ4n) is 2.68. The topological polar surface area (TPSA) is 50.4 Å². The van der Waals surface area contributed by atoms with E-state index in [1.165, 1.54) is 12.0 Å². The van der Waals surface area contributed by atoms with E-state index in [0.717, 1.165) is 58.4 Å². The van der Waals surface area contributed by atoms with Gasteiger partial charge in [-0.2, -0.15) is 0 Å². The number of benzene rings is 1. The molecule has 1 fully saturated rings. The molecule has 0 aliphatic carbocycles. The van der Waals surface area contributed by atoms with Gasteiger partial charge in [-0.15, -0.1) is 12.4 Å². The van der Waals surface area contributed by atoms with Crippen molar-refractivity contribution in [3.05, 3.63) is 35.9 Å². The van der Waals surface area contributed by atoms with Crippen molar-refractivity contribution in [1.29, 1.82) is 0 Å².